The number of nitrogens with two attached hydrogens (primary N) is 1. The van der Waals surface area contributed by atoms with Crippen molar-refractivity contribution in [3.63, 3.8) is 0 Å². The average molecular weight is 621 g/mol. The first-order chi connectivity index (χ1) is 20.7. The SMILES string of the molecule is COc1ccc(C(Nc2ccc(C(=N)N)c(F)c2)c2nn(-c3ccccc3C(=O)O)c(=O)[nH]2)cc1OC.O=C(O)C(F)(F)F. The number of alkyl halides is 3. The zero-order valence-corrected chi connectivity index (χ0v) is 22.8. The molecule has 1 atom stereocenters. The number of H-pyrrole nitrogens is 1. The van der Waals surface area contributed by atoms with E-state index in [4.69, 9.17) is 30.5 Å². The van der Waals surface area contributed by atoms with E-state index in [1.54, 1.807) is 30.3 Å². The molecule has 3 aromatic carbocycles. The molecular weight excluding hydrogens is 596 g/mol. The van der Waals surface area contributed by atoms with Gasteiger partial charge in [-0.1, -0.05) is 18.2 Å². The predicted molar refractivity (Wildman–Crippen MR) is 147 cm³/mol. The van der Waals surface area contributed by atoms with Gasteiger partial charge in [0.1, 0.15) is 17.7 Å². The zero-order valence-electron chi connectivity index (χ0n) is 22.8. The Kier molecular flexibility index (Phi) is 9.94. The van der Waals surface area contributed by atoms with Crippen LogP contribution in [-0.2, 0) is 4.79 Å². The van der Waals surface area contributed by atoms with Gasteiger partial charge in [-0.05, 0) is 48.0 Å². The number of aromatic carboxylic acids is 1. The summed E-state index contributed by atoms with van der Waals surface area (Å²) in [5.41, 5.74) is 5.53. The molecule has 4 aromatic rings. The molecule has 0 saturated carbocycles. The summed E-state index contributed by atoms with van der Waals surface area (Å²) in [6.07, 6.45) is -5.08. The summed E-state index contributed by atoms with van der Waals surface area (Å²) in [7, 11) is 2.96. The number of carboxylic acids is 2. The molecule has 4 rings (SSSR count). The maximum atomic E-state index is 14.6. The van der Waals surface area contributed by atoms with E-state index < -0.39 is 41.5 Å². The van der Waals surface area contributed by atoms with Gasteiger partial charge in [0.15, 0.2) is 17.3 Å². The van der Waals surface area contributed by atoms with Gasteiger partial charge in [-0.15, -0.1) is 5.10 Å². The molecular formula is C27H24F4N6O7. The quantitative estimate of drug-likeness (QED) is 0.0912. The Bertz CT molecular complexity index is 1750. The molecule has 1 aromatic heterocycles. The van der Waals surface area contributed by atoms with Gasteiger partial charge < -0.3 is 30.7 Å². The second kappa shape index (κ2) is 13.4. The number of hydrogen-bond donors (Lipinski definition) is 6. The molecule has 0 radical (unpaired) electrons. The maximum Gasteiger partial charge on any atom is 0.490 e. The second-order valence-corrected chi connectivity index (χ2v) is 8.65. The lowest BCUT2D eigenvalue weighted by atomic mass is 10.0. The molecule has 1 unspecified atom stereocenters. The Morgan fingerprint density at radius 2 is 1.66 bits per heavy atom. The largest absolute Gasteiger partial charge is 0.493 e. The number of nitrogens with one attached hydrogen (secondary N) is 3. The number of nitrogens with zero attached hydrogens (tertiary/aromatic N) is 2. The minimum absolute atomic E-state index is 0.0591. The maximum absolute atomic E-state index is 14.6. The number of benzene rings is 3. The Hall–Kier alpha value is -5.87. The van der Waals surface area contributed by atoms with Crippen molar-refractivity contribution in [3.05, 3.63) is 99.5 Å². The Labute approximate surface area is 245 Å². The fourth-order valence-electron chi connectivity index (χ4n) is 3.80. The number of amidine groups is 1. The summed E-state index contributed by atoms with van der Waals surface area (Å²) in [6, 6.07) is 14.2. The van der Waals surface area contributed by atoms with Gasteiger partial charge in [0.2, 0.25) is 0 Å². The average Bonchev–Trinajstić information content (AvgIpc) is 3.36. The third-order valence-corrected chi connectivity index (χ3v) is 5.82. The molecule has 44 heavy (non-hydrogen) atoms. The van der Waals surface area contributed by atoms with E-state index >= 15 is 0 Å². The number of aromatic nitrogens is 3. The van der Waals surface area contributed by atoms with Crippen LogP contribution in [0.4, 0.5) is 23.2 Å². The molecule has 0 aliphatic heterocycles. The second-order valence-electron chi connectivity index (χ2n) is 8.65. The van der Waals surface area contributed by atoms with Crippen LogP contribution in [0.15, 0.2) is 65.5 Å². The minimum Gasteiger partial charge on any atom is -0.493 e. The van der Waals surface area contributed by atoms with Crippen molar-refractivity contribution < 1.29 is 46.8 Å². The number of anilines is 1. The smallest absolute Gasteiger partial charge is 0.490 e. The number of aromatic amines is 1. The van der Waals surface area contributed by atoms with Gasteiger partial charge in [-0.25, -0.2) is 18.8 Å². The van der Waals surface area contributed by atoms with Crippen LogP contribution < -0.4 is 26.2 Å². The van der Waals surface area contributed by atoms with E-state index in [0.717, 1.165) is 4.68 Å². The molecule has 0 bridgehead atoms. The highest BCUT2D eigenvalue weighted by Crippen LogP contribution is 2.33. The standard InChI is InChI=1S/C25H23FN6O5.C2HF3O2/c1-36-19-10-7-13(11-20(19)37-2)21(29-14-8-9-15(22(27)28)17(26)12-14)23-30-25(35)32(31-23)18-6-4-3-5-16(18)24(33)34;3-2(4,5)1(6)7/h3-12,21,29H,1-2H3,(H3,27,28)(H,33,34)(H,30,31,35);(H,6,7). The Balaban J connectivity index is 0.000000676. The number of halogens is 4. The number of ether oxygens (including phenoxy) is 2. The van der Waals surface area contributed by atoms with Crippen molar-refractivity contribution in [1.29, 1.82) is 5.41 Å². The molecule has 1 heterocycles. The monoisotopic (exact) mass is 620 g/mol. The number of aliphatic carboxylic acids is 1. The Morgan fingerprint density at radius 1 is 1.02 bits per heavy atom. The van der Waals surface area contributed by atoms with E-state index in [0.29, 0.717) is 22.7 Å². The van der Waals surface area contributed by atoms with Crippen molar-refractivity contribution in [2.24, 2.45) is 5.73 Å². The lowest BCUT2D eigenvalue weighted by molar-refractivity contribution is -0.192. The number of hydrogen-bond acceptors (Lipinski definition) is 8. The van der Waals surface area contributed by atoms with Crippen molar-refractivity contribution in [2.45, 2.75) is 12.2 Å². The third-order valence-electron chi connectivity index (χ3n) is 5.82. The zero-order chi connectivity index (χ0) is 32.8. The van der Waals surface area contributed by atoms with Crippen LogP contribution in [0.2, 0.25) is 0 Å². The summed E-state index contributed by atoms with van der Waals surface area (Å²) in [5, 5.41) is 31.7. The van der Waals surface area contributed by atoms with Crippen LogP contribution >= 0.6 is 0 Å². The van der Waals surface area contributed by atoms with Crippen molar-refractivity contribution in [3.8, 4) is 17.2 Å². The first-order valence-electron chi connectivity index (χ1n) is 12.1. The first kappa shape index (κ1) is 32.6. The van der Waals surface area contributed by atoms with Crippen LogP contribution in [0.1, 0.15) is 33.4 Å². The molecule has 0 fully saturated rings. The van der Waals surface area contributed by atoms with Crippen LogP contribution in [0.3, 0.4) is 0 Å². The topological polar surface area (TPSA) is 206 Å². The molecule has 17 heteroatoms. The molecule has 0 aliphatic rings. The summed E-state index contributed by atoms with van der Waals surface area (Å²) in [5.74, 6) is -4.11. The summed E-state index contributed by atoms with van der Waals surface area (Å²) in [4.78, 5) is 36.1. The van der Waals surface area contributed by atoms with E-state index in [2.05, 4.69) is 15.4 Å². The Morgan fingerprint density at radius 3 is 2.20 bits per heavy atom. The first-order valence-corrected chi connectivity index (χ1v) is 12.1. The van der Waals surface area contributed by atoms with E-state index in [1.807, 2.05) is 0 Å². The predicted octanol–water partition coefficient (Wildman–Crippen LogP) is 3.53. The van der Waals surface area contributed by atoms with Gasteiger partial charge in [0, 0.05) is 5.69 Å². The van der Waals surface area contributed by atoms with Crippen molar-refractivity contribution >= 4 is 23.5 Å². The molecule has 0 spiro atoms. The number of rotatable bonds is 9. The molecule has 13 nitrogen and oxygen atoms in total. The number of para-hydroxylation sites is 1. The van der Waals surface area contributed by atoms with Gasteiger partial charge in [0.25, 0.3) is 0 Å². The van der Waals surface area contributed by atoms with Crippen molar-refractivity contribution in [2.75, 3.05) is 19.5 Å². The fourth-order valence-corrected chi connectivity index (χ4v) is 3.80. The molecule has 0 aliphatic carbocycles. The molecule has 232 valence electrons. The van der Waals surface area contributed by atoms with E-state index in [1.165, 1.54) is 44.6 Å². The van der Waals surface area contributed by atoms with Crippen LogP contribution in [0.5, 0.6) is 11.5 Å². The summed E-state index contributed by atoms with van der Waals surface area (Å²) < 4.78 is 57.9. The molecule has 7 N–H and O–H groups in total. The van der Waals surface area contributed by atoms with Gasteiger partial charge in [-0.2, -0.15) is 17.9 Å². The van der Waals surface area contributed by atoms with Gasteiger partial charge >= 0.3 is 23.8 Å². The summed E-state index contributed by atoms with van der Waals surface area (Å²) >= 11 is 0. The van der Waals surface area contributed by atoms with E-state index in [9.17, 15) is 32.3 Å². The van der Waals surface area contributed by atoms with Gasteiger partial charge in [-0.3, -0.25) is 10.4 Å². The number of nitrogen functional groups attached to an aromatic ring is 1. The van der Waals surface area contributed by atoms with E-state index in [-0.39, 0.29) is 22.6 Å². The fraction of sp³-hybridized carbons (Fsp3) is 0.148. The number of methoxy groups -OCH3 is 2. The normalized spacial score (nSPS) is 11.5. The van der Waals surface area contributed by atoms with Crippen LogP contribution in [0.25, 0.3) is 5.69 Å². The highest BCUT2D eigenvalue weighted by atomic mass is 19.4. The minimum atomic E-state index is -5.08. The lowest BCUT2D eigenvalue weighted by Gasteiger charge is -2.20. The third kappa shape index (κ3) is 7.50. The molecule has 0 amide bonds. The lowest BCUT2D eigenvalue weighted by Crippen LogP contribution is -2.21. The summed E-state index contributed by atoms with van der Waals surface area (Å²) in [6.45, 7) is 0. The number of carboxylic acid groups (broad SMARTS) is 2. The van der Waals surface area contributed by atoms with Crippen LogP contribution in [0, 0.1) is 11.2 Å². The van der Waals surface area contributed by atoms with Crippen molar-refractivity contribution in [1.82, 2.24) is 14.8 Å². The number of carbonyl (C=O) groups is 2. The van der Waals surface area contributed by atoms with Crippen LogP contribution in [-0.4, -0.2) is 63.1 Å². The highest BCUT2D eigenvalue weighted by molar-refractivity contribution is 5.95. The highest BCUT2D eigenvalue weighted by Gasteiger charge is 2.38. The van der Waals surface area contributed by atoms with Gasteiger partial charge in [0.05, 0.1) is 31.0 Å². The molecule has 0 saturated heterocycles.